The van der Waals surface area contributed by atoms with E-state index >= 15 is 0 Å². The number of benzene rings is 2. The quantitative estimate of drug-likeness (QED) is 0.545. The van der Waals surface area contributed by atoms with Crippen LogP contribution in [0.4, 0.5) is 13.2 Å². The number of rotatable bonds is 8. The maximum atomic E-state index is 12.8. The average molecular weight is 523 g/mol. The third-order valence-electron chi connectivity index (χ3n) is 6.57. The number of ether oxygens (including phenoxy) is 3. The van der Waals surface area contributed by atoms with E-state index in [1.165, 1.54) is 0 Å². The third-order valence-corrected chi connectivity index (χ3v) is 6.57. The number of para-hydroxylation sites is 1. The molecule has 2 aromatic rings. The Balaban J connectivity index is 1.25. The van der Waals surface area contributed by atoms with Crippen LogP contribution in [-0.4, -0.2) is 72.7 Å². The zero-order valence-electron chi connectivity index (χ0n) is 20.5. The molecule has 0 spiro atoms. The van der Waals surface area contributed by atoms with E-state index in [1.54, 1.807) is 4.90 Å². The molecular weight excluding hydrogens is 489 g/mol. The Labute approximate surface area is 214 Å². The number of nitrogens with one attached hydrogen (secondary N) is 1. The molecule has 0 radical (unpaired) electrons. The molecule has 2 aromatic carbocycles. The first kappa shape index (κ1) is 27.4. The van der Waals surface area contributed by atoms with Crippen LogP contribution in [0.3, 0.4) is 0 Å². The van der Waals surface area contributed by atoms with Crippen molar-refractivity contribution in [2.24, 2.45) is 0 Å². The highest BCUT2D eigenvalue weighted by atomic mass is 19.4. The number of β-amino-alcohol motifs (C(OH)–C–C–N with tert-alkyl or cyclic N) is 1. The van der Waals surface area contributed by atoms with Gasteiger partial charge >= 0.3 is 6.18 Å². The van der Waals surface area contributed by atoms with E-state index in [2.05, 4.69) is 5.32 Å². The van der Waals surface area contributed by atoms with E-state index in [1.807, 2.05) is 54.6 Å². The molecule has 2 aliphatic rings. The predicted octanol–water partition coefficient (Wildman–Crippen LogP) is 4.05. The minimum absolute atomic E-state index is 0.0371. The van der Waals surface area contributed by atoms with Crippen molar-refractivity contribution in [1.82, 2.24) is 10.2 Å². The zero-order chi connectivity index (χ0) is 26.3. The standard InChI is InChI=1S/C27H33F3N2O5/c28-27(29,30)12-13-32-16-20(33)17-35-18-25-24(32)11-10-23(37-25)14-26(34)31-15-19-6-8-22(9-7-19)36-21-4-2-1-3-5-21/h1-9,20,23-25,33H,10-18H2,(H,31,34)/t20-,23-,24+,25-/m0/s1. The number of fused-ring (bicyclic) bond motifs is 1. The van der Waals surface area contributed by atoms with Crippen molar-refractivity contribution >= 4 is 5.91 Å². The van der Waals surface area contributed by atoms with Gasteiger partial charge in [-0.05, 0) is 42.7 Å². The summed E-state index contributed by atoms with van der Waals surface area (Å²) in [6.07, 6.45) is -5.61. The van der Waals surface area contributed by atoms with E-state index in [9.17, 15) is 23.1 Å². The largest absolute Gasteiger partial charge is 0.457 e. The van der Waals surface area contributed by atoms with Crippen molar-refractivity contribution < 1.29 is 37.3 Å². The number of nitrogens with zero attached hydrogens (tertiary/aromatic N) is 1. The Morgan fingerprint density at radius 1 is 1.05 bits per heavy atom. The molecule has 0 saturated carbocycles. The topological polar surface area (TPSA) is 80.3 Å². The van der Waals surface area contributed by atoms with Crippen LogP contribution in [0.2, 0.25) is 0 Å². The summed E-state index contributed by atoms with van der Waals surface area (Å²) in [6, 6.07) is 16.6. The molecule has 7 nitrogen and oxygen atoms in total. The van der Waals surface area contributed by atoms with E-state index in [4.69, 9.17) is 14.2 Å². The molecule has 0 unspecified atom stereocenters. The summed E-state index contributed by atoms with van der Waals surface area (Å²) in [5, 5.41) is 13.0. The molecule has 4 rings (SSSR count). The number of halogens is 3. The molecule has 0 aromatic heterocycles. The fourth-order valence-electron chi connectivity index (χ4n) is 4.75. The minimum atomic E-state index is -4.27. The fraction of sp³-hybridized carbons (Fsp3) is 0.519. The van der Waals surface area contributed by atoms with Crippen LogP contribution in [0.5, 0.6) is 11.5 Å². The van der Waals surface area contributed by atoms with Crippen molar-refractivity contribution in [2.45, 2.75) is 62.8 Å². The monoisotopic (exact) mass is 522 g/mol. The molecule has 1 amide bonds. The summed E-state index contributed by atoms with van der Waals surface area (Å²) >= 11 is 0. The van der Waals surface area contributed by atoms with Gasteiger partial charge in [-0.25, -0.2) is 0 Å². The van der Waals surface area contributed by atoms with Gasteiger partial charge in [0.05, 0.1) is 44.4 Å². The van der Waals surface area contributed by atoms with Gasteiger partial charge in [0.1, 0.15) is 11.5 Å². The Bertz CT molecular complexity index is 990. The summed E-state index contributed by atoms with van der Waals surface area (Å²) in [6.45, 7) is 0.455. The van der Waals surface area contributed by atoms with Gasteiger partial charge in [0.15, 0.2) is 0 Å². The number of amides is 1. The van der Waals surface area contributed by atoms with Crippen LogP contribution in [0, 0.1) is 0 Å². The number of aliphatic hydroxyl groups excluding tert-OH is 1. The van der Waals surface area contributed by atoms with Crippen molar-refractivity contribution in [3.63, 3.8) is 0 Å². The second-order valence-electron chi connectivity index (χ2n) is 9.53. The molecule has 2 fully saturated rings. The number of hydrogen-bond donors (Lipinski definition) is 2. The van der Waals surface area contributed by atoms with Crippen LogP contribution in [-0.2, 0) is 20.8 Å². The molecule has 2 saturated heterocycles. The maximum Gasteiger partial charge on any atom is 0.390 e. The lowest BCUT2D eigenvalue weighted by Crippen LogP contribution is -2.56. The number of hydrogen-bond acceptors (Lipinski definition) is 6. The van der Waals surface area contributed by atoms with Crippen molar-refractivity contribution in [1.29, 1.82) is 0 Å². The summed E-state index contributed by atoms with van der Waals surface area (Å²) < 4.78 is 55.9. The van der Waals surface area contributed by atoms with Gasteiger partial charge in [0, 0.05) is 25.7 Å². The highest BCUT2D eigenvalue weighted by Gasteiger charge is 2.39. The predicted molar refractivity (Wildman–Crippen MR) is 130 cm³/mol. The van der Waals surface area contributed by atoms with Crippen LogP contribution in [0.15, 0.2) is 54.6 Å². The molecule has 2 N–H and O–H groups in total. The van der Waals surface area contributed by atoms with E-state index in [0.717, 1.165) is 11.3 Å². The molecule has 2 aliphatic heterocycles. The van der Waals surface area contributed by atoms with Crippen molar-refractivity contribution in [3.8, 4) is 11.5 Å². The number of aliphatic hydroxyl groups is 1. The lowest BCUT2D eigenvalue weighted by Gasteiger charge is -2.44. The average Bonchev–Trinajstić information content (AvgIpc) is 2.85. The Hall–Kier alpha value is -2.66. The van der Waals surface area contributed by atoms with Crippen LogP contribution in [0.25, 0.3) is 0 Å². The fourth-order valence-corrected chi connectivity index (χ4v) is 4.75. The Kier molecular flexibility index (Phi) is 9.42. The normalized spacial score (nSPS) is 25.0. The Morgan fingerprint density at radius 2 is 1.78 bits per heavy atom. The van der Waals surface area contributed by atoms with E-state index in [0.29, 0.717) is 25.1 Å². The van der Waals surface area contributed by atoms with Gasteiger partial charge < -0.3 is 24.6 Å². The summed E-state index contributed by atoms with van der Waals surface area (Å²) in [7, 11) is 0. The van der Waals surface area contributed by atoms with E-state index in [-0.39, 0.29) is 50.8 Å². The van der Waals surface area contributed by atoms with Gasteiger partial charge in [-0.1, -0.05) is 30.3 Å². The molecule has 10 heteroatoms. The second kappa shape index (κ2) is 12.7. The third kappa shape index (κ3) is 8.70. The van der Waals surface area contributed by atoms with Crippen LogP contribution in [0.1, 0.15) is 31.2 Å². The SMILES string of the molecule is O=C(C[C@@H]1CC[C@@H]2[C@H](COC[C@@H](O)CN2CCC(F)(F)F)O1)NCc1ccc(Oc2ccccc2)cc1. The Morgan fingerprint density at radius 3 is 2.51 bits per heavy atom. The first-order chi connectivity index (χ1) is 17.7. The van der Waals surface area contributed by atoms with Gasteiger partial charge in [-0.2, -0.15) is 13.2 Å². The minimum Gasteiger partial charge on any atom is -0.457 e. The molecule has 4 atom stereocenters. The second-order valence-corrected chi connectivity index (χ2v) is 9.53. The van der Waals surface area contributed by atoms with E-state index < -0.39 is 24.8 Å². The molecule has 0 bridgehead atoms. The molecule has 2 heterocycles. The summed E-state index contributed by atoms with van der Waals surface area (Å²) in [4.78, 5) is 14.2. The van der Waals surface area contributed by atoms with Gasteiger partial charge in [-0.15, -0.1) is 0 Å². The smallest absolute Gasteiger partial charge is 0.390 e. The summed E-state index contributed by atoms with van der Waals surface area (Å²) in [5.41, 5.74) is 0.922. The molecule has 0 aliphatic carbocycles. The molecule has 37 heavy (non-hydrogen) atoms. The van der Waals surface area contributed by atoms with Crippen molar-refractivity contribution in [3.05, 3.63) is 60.2 Å². The van der Waals surface area contributed by atoms with Gasteiger partial charge in [-0.3, -0.25) is 9.69 Å². The highest BCUT2D eigenvalue weighted by Crippen LogP contribution is 2.29. The van der Waals surface area contributed by atoms with Crippen LogP contribution < -0.4 is 10.1 Å². The summed E-state index contributed by atoms with van der Waals surface area (Å²) in [5.74, 6) is 1.28. The zero-order valence-corrected chi connectivity index (χ0v) is 20.5. The lowest BCUT2D eigenvalue weighted by molar-refractivity contribution is -0.169. The molecule has 202 valence electrons. The van der Waals surface area contributed by atoms with Crippen molar-refractivity contribution in [2.75, 3.05) is 26.3 Å². The first-order valence-corrected chi connectivity index (χ1v) is 12.6. The first-order valence-electron chi connectivity index (χ1n) is 12.6. The molecular formula is C27H33F3N2O5. The van der Waals surface area contributed by atoms with Gasteiger partial charge in [0.25, 0.3) is 0 Å². The van der Waals surface area contributed by atoms with Crippen LogP contribution >= 0.6 is 0 Å². The number of carbonyl (C=O) groups excluding carboxylic acids is 1. The lowest BCUT2D eigenvalue weighted by atomic mass is 9.94. The number of alkyl halides is 3. The van der Waals surface area contributed by atoms with Gasteiger partial charge in [0.2, 0.25) is 5.91 Å². The highest BCUT2D eigenvalue weighted by molar-refractivity contribution is 5.76. The maximum absolute atomic E-state index is 12.8. The number of carbonyl (C=O) groups is 1.